The molecule has 0 aliphatic carbocycles. The Morgan fingerprint density at radius 1 is 1.20 bits per heavy atom. The minimum absolute atomic E-state index is 0.00965. The van der Waals surface area contributed by atoms with Crippen LogP contribution in [0.5, 0.6) is 0 Å². The lowest BCUT2D eigenvalue weighted by Gasteiger charge is -2.14. The molecule has 0 radical (unpaired) electrons. The Balaban J connectivity index is 2.41. The van der Waals surface area contributed by atoms with Crippen LogP contribution in [0.3, 0.4) is 0 Å². The quantitative estimate of drug-likeness (QED) is 0.474. The van der Waals surface area contributed by atoms with Gasteiger partial charge in [0.25, 0.3) is 0 Å². The highest BCUT2D eigenvalue weighted by molar-refractivity contribution is 5.61. The molecule has 0 unspecified atom stereocenters. The van der Waals surface area contributed by atoms with Crippen molar-refractivity contribution < 1.29 is 22.5 Å². The summed E-state index contributed by atoms with van der Waals surface area (Å²) < 4.78 is 52.2. The molecule has 1 heterocycles. The second kappa shape index (κ2) is 6.87. The van der Waals surface area contributed by atoms with Gasteiger partial charge in [0, 0.05) is 23.9 Å². The molecular formula is C14H13F4N5O2. The number of benzene rings is 1. The first-order valence-corrected chi connectivity index (χ1v) is 7.00. The van der Waals surface area contributed by atoms with Crippen molar-refractivity contribution in [3.8, 4) is 0 Å². The largest absolute Gasteiger partial charge is 0.433 e. The molecular weight excluding hydrogens is 346 g/mol. The fourth-order valence-corrected chi connectivity index (χ4v) is 1.86. The summed E-state index contributed by atoms with van der Waals surface area (Å²) in [5, 5.41) is 15.9. The average Bonchev–Trinajstić information content (AvgIpc) is 2.47. The summed E-state index contributed by atoms with van der Waals surface area (Å²) in [6.07, 6.45) is -4.71. The highest BCUT2D eigenvalue weighted by atomic mass is 19.4. The molecule has 1 aromatic heterocycles. The minimum atomic E-state index is -4.71. The molecule has 0 spiro atoms. The number of nitrogens with zero attached hydrogens (tertiary/aromatic N) is 3. The van der Waals surface area contributed by atoms with Crippen LogP contribution in [0.2, 0.25) is 0 Å². The Bertz CT molecular complexity index is 795. The number of nitro benzene ring substituents is 1. The lowest BCUT2D eigenvalue weighted by Crippen LogP contribution is -2.17. The molecule has 0 saturated heterocycles. The third-order valence-electron chi connectivity index (χ3n) is 2.85. The Kier molecular flexibility index (Phi) is 5.04. The van der Waals surface area contributed by atoms with Gasteiger partial charge in [0.2, 0.25) is 11.8 Å². The van der Waals surface area contributed by atoms with E-state index in [1.807, 2.05) is 0 Å². The molecule has 0 amide bonds. The van der Waals surface area contributed by atoms with Crippen molar-refractivity contribution in [1.82, 2.24) is 9.97 Å². The maximum absolute atomic E-state index is 13.3. The number of hydrogen-bond acceptors (Lipinski definition) is 6. The molecule has 0 fully saturated rings. The van der Waals surface area contributed by atoms with Crippen molar-refractivity contribution in [2.45, 2.75) is 26.1 Å². The molecule has 2 rings (SSSR count). The third-order valence-corrected chi connectivity index (χ3v) is 2.85. The summed E-state index contributed by atoms with van der Waals surface area (Å²) in [5.41, 5.74) is -1.99. The van der Waals surface area contributed by atoms with Gasteiger partial charge >= 0.3 is 11.9 Å². The first kappa shape index (κ1) is 18.4. The van der Waals surface area contributed by atoms with Gasteiger partial charge in [0.05, 0.1) is 4.92 Å². The van der Waals surface area contributed by atoms with E-state index in [0.717, 1.165) is 18.2 Å². The summed E-state index contributed by atoms with van der Waals surface area (Å²) in [6, 6.07) is 3.27. The Morgan fingerprint density at radius 3 is 2.44 bits per heavy atom. The van der Waals surface area contributed by atoms with Crippen LogP contribution >= 0.6 is 0 Å². The van der Waals surface area contributed by atoms with Crippen LogP contribution in [0.4, 0.5) is 40.7 Å². The van der Waals surface area contributed by atoms with Crippen molar-refractivity contribution >= 4 is 23.1 Å². The van der Waals surface area contributed by atoms with E-state index in [1.165, 1.54) is 0 Å². The van der Waals surface area contributed by atoms with Crippen molar-refractivity contribution in [1.29, 1.82) is 0 Å². The second-order valence-electron chi connectivity index (χ2n) is 5.31. The molecule has 0 atom stereocenters. The number of aromatic nitrogens is 2. The molecule has 11 heteroatoms. The van der Waals surface area contributed by atoms with E-state index < -0.39 is 28.3 Å². The molecule has 0 saturated carbocycles. The molecule has 0 aliphatic rings. The van der Waals surface area contributed by atoms with Gasteiger partial charge in [0.15, 0.2) is 5.69 Å². The smallest absolute Gasteiger partial charge is 0.352 e. The zero-order valence-electron chi connectivity index (χ0n) is 13.1. The molecule has 2 aromatic rings. The summed E-state index contributed by atoms with van der Waals surface area (Å²) >= 11 is 0. The Labute approximate surface area is 139 Å². The van der Waals surface area contributed by atoms with Crippen molar-refractivity contribution in [2.24, 2.45) is 0 Å². The van der Waals surface area contributed by atoms with Gasteiger partial charge in [-0.25, -0.2) is 4.98 Å². The van der Waals surface area contributed by atoms with Gasteiger partial charge in [-0.2, -0.15) is 22.5 Å². The highest BCUT2D eigenvalue weighted by Gasteiger charge is 2.34. The highest BCUT2D eigenvalue weighted by Crippen LogP contribution is 2.31. The number of alkyl halides is 3. The first-order valence-electron chi connectivity index (χ1n) is 7.00. The molecule has 7 nitrogen and oxygen atoms in total. The van der Waals surface area contributed by atoms with Crippen molar-refractivity contribution in [3.05, 3.63) is 45.9 Å². The predicted molar refractivity (Wildman–Crippen MR) is 82.1 cm³/mol. The third kappa shape index (κ3) is 4.75. The van der Waals surface area contributed by atoms with Crippen LogP contribution in [-0.2, 0) is 6.18 Å². The fourth-order valence-electron chi connectivity index (χ4n) is 1.86. The molecule has 2 N–H and O–H groups in total. The Hall–Kier alpha value is -2.98. The minimum Gasteiger partial charge on any atom is -0.352 e. The summed E-state index contributed by atoms with van der Waals surface area (Å²) in [4.78, 5) is 17.1. The topological polar surface area (TPSA) is 93.0 Å². The normalized spacial score (nSPS) is 11.5. The van der Waals surface area contributed by atoms with Gasteiger partial charge in [-0.15, -0.1) is 0 Å². The van der Waals surface area contributed by atoms with Crippen LogP contribution in [0, 0.1) is 15.9 Å². The van der Waals surface area contributed by atoms with Crippen molar-refractivity contribution in [2.75, 3.05) is 10.6 Å². The number of hydrogen-bond donors (Lipinski definition) is 2. The number of rotatable bonds is 5. The second-order valence-corrected chi connectivity index (χ2v) is 5.31. The molecule has 0 bridgehead atoms. The number of halogens is 4. The van der Waals surface area contributed by atoms with Crippen LogP contribution in [0.25, 0.3) is 0 Å². The number of nitrogens with one attached hydrogen (secondary N) is 2. The van der Waals surface area contributed by atoms with Gasteiger partial charge in [0.1, 0.15) is 5.82 Å². The molecule has 25 heavy (non-hydrogen) atoms. The number of anilines is 3. The van der Waals surface area contributed by atoms with E-state index in [2.05, 4.69) is 20.6 Å². The summed E-state index contributed by atoms with van der Waals surface area (Å²) in [5.74, 6) is -1.56. The van der Waals surface area contributed by atoms with Crippen LogP contribution in [0.1, 0.15) is 19.5 Å². The SMILES string of the molecule is CC(C)Nc1nc(Nc2ccc(F)c([N+](=O)[O-])c2)cc(C(F)(F)F)n1. The van der Waals surface area contributed by atoms with Crippen LogP contribution < -0.4 is 10.6 Å². The predicted octanol–water partition coefficient (Wildman–Crippen LogP) is 4.11. The fraction of sp³-hybridized carbons (Fsp3) is 0.286. The zero-order chi connectivity index (χ0) is 18.8. The van der Waals surface area contributed by atoms with Gasteiger partial charge < -0.3 is 10.6 Å². The standard InChI is InChI=1S/C14H13F4N5O2/c1-7(2)19-13-21-11(14(16,17)18)6-12(22-13)20-8-3-4-9(15)10(5-8)23(24)25/h3-7H,1-2H3,(H2,19,20,21,22). The number of nitro groups is 1. The van der Waals surface area contributed by atoms with Gasteiger partial charge in [-0.1, -0.05) is 0 Å². The van der Waals surface area contributed by atoms with E-state index in [4.69, 9.17) is 0 Å². The maximum atomic E-state index is 13.3. The molecule has 134 valence electrons. The van der Waals surface area contributed by atoms with E-state index >= 15 is 0 Å². The van der Waals surface area contributed by atoms with E-state index in [9.17, 15) is 27.7 Å². The monoisotopic (exact) mass is 359 g/mol. The lowest BCUT2D eigenvalue weighted by molar-refractivity contribution is -0.387. The van der Waals surface area contributed by atoms with E-state index in [1.54, 1.807) is 13.8 Å². The lowest BCUT2D eigenvalue weighted by atomic mass is 10.2. The van der Waals surface area contributed by atoms with Gasteiger partial charge in [-0.3, -0.25) is 10.1 Å². The van der Waals surface area contributed by atoms with Crippen molar-refractivity contribution in [3.63, 3.8) is 0 Å². The van der Waals surface area contributed by atoms with E-state index in [-0.39, 0.29) is 23.5 Å². The van der Waals surface area contributed by atoms with Crippen LogP contribution in [-0.4, -0.2) is 20.9 Å². The molecule has 0 aliphatic heterocycles. The first-order chi connectivity index (χ1) is 11.6. The Morgan fingerprint density at radius 2 is 1.88 bits per heavy atom. The zero-order valence-corrected chi connectivity index (χ0v) is 13.1. The maximum Gasteiger partial charge on any atom is 0.433 e. The summed E-state index contributed by atoms with van der Waals surface area (Å²) in [7, 11) is 0. The summed E-state index contributed by atoms with van der Waals surface area (Å²) in [6.45, 7) is 3.39. The van der Waals surface area contributed by atoms with E-state index in [0.29, 0.717) is 6.07 Å². The molecule has 1 aromatic carbocycles. The average molecular weight is 359 g/mol. The van der Waals surface area contributed by atoms with Crippen LogP contribution in [0.15, 0.2) is 24.3 Å². The van der Waals surface area contributed by atoms with Gasteiger partial charge in [-0.05, 0) is 26.0 Å².